The molecule has 0 amide bonds. The second-order valence-corrected chi connectivity index (χ2v) is 8.11. The maximum atomic E-state index is 5.24. The van der Waals surface area contributed by atoms with Gasteiger partial charge in [0.05, 0.1) is 25.1 Å². The number of aromatic amines is 1. The summed E-state index contributed by atoms with van der Waals surface area (Å²) in [6.45, 7) is 6.48. The van der Waals surface area contributed by atoms with Gasteiger partial charge in [0.25, 0.3) is 0 Å². The molecule has 4 heterocycles. The molecular weight excluding hydrogens is 430 g/mol. The Morgan fingerprint density at radius 2 is 1.82 bits per heavy atom. The van der Waals surface area contributed by atoms with Crippen LogP contribution in [-0.4, -0.2) is 59.3 Å². The third-order valence-corrected chi connectivity index (χ3v) is 6.22. The molecule has 1 aliphatic heterocycles. The molecule has 34 heavy (non-hydrogen) atoms. The van der Waals surface area contributed by atoms with Crippen molar-refractivity contribution in [3.05, 3.63) is 48.7 Å². The van der Waals surface area contributed by atoms with Crippen molar-refractivity contribution in [2.24, 2.45) is 5.92 Å². The van der Waals surface area contributed by atoms with Crippen LogP contribution in [0.3, 0.4) is 0 Å². The molecule has 3 aromatic heterocycles. The molecule has 1 unspecified atom stereocenters. The zero-order chi connectivity index (χ0) is 24.1. The van der Waals surface area contributed by atoms with E-state index in [1.165, 1.54) is 18.3 Å². The highest BCUT2D eigenvalue weighted by molar-refractivity contribution is 5.91. The number of fused-ring (bicyclic) bond motifs is 2. The number of anilines is 2. The maximum Gasteiger partial charge on any atom is 0.162 e. The van der Waals surface area contributed by atoms with Crippen LogP contribution in [0.5, 0.6) is 11.5 Å². The van der Waals surface area contributed by atoms with Crippen molar-refractivity contribution >= 4 is 33.6 Å². The molecule has 1 fully saturated rings. The average Bonchev–Trinajstić information content (AvgIpc) is 3.37. The van der Waals surface area contributed by atoms with E-state index in [2.05, 4.69) is 61.1 Å². The van der Waals surface area contributed by atoms with Crippen molar-refractivity contribution in [3.8, 4) is 11.5 Å². The summed E-state index contributed by atoms with van der Waals surface area (Å²) in [4.78, 5) is 22.5. The van der Waals surface area contributed by atoms with Gasteiger partial charge in [-0.05, 0) is 31.4 Å². The van der Waals surface area contributed by atoms with E-state index in [1.54, 1.807) is 20.5 Å². The zero-order valence-corrected chi connectivity index (χ0v) is 20.3. The van der Waals surface area contributed by atoms with Crippen LogP contribution in [0.2, 0.25) is 0 Å². The van der Waals surface area contributed by atoms with Crippen molar-refractivity contribution < 1.29 is 9.47 Å². The summed E-state index contributed by atoms with van der Waals surface area (Å²) in [6, 6.07) is 5.74. The lowest BCUT2D eigenvalue weighted by Crippen LogP contribution is -2.35. The van der Waals surface area contributed by atoms with Gasteiger partial charge >= 0.3 is 0 Å². The number of hydrogen-bond donors (Lipinski definition) is 2. The van der Waals surface area contributed by atoms with E-state index < -0.39 is 0 Å². The molecule has 1 saturated heterocycles. The number of benzene rings is 1. The van der Waals surface area contributed by atoms with Crippen molar-refractivity contribution in [3.63, 3.8) is 0 Å². The fraction of sp³-hybridized carbons (Fsp3) is 0.360. The minimum Gasteiger partial charge on any atom is -0.493 e. The highest BCUT2D eigenvalue weighted by Gasteiger charge is 2.22. The van der Waals surface area contributed by atoms with E-state index in [9.17, 15) is 0 Å². The molecule has 9 nitrogen and oxygen atoms in total. The molecule has 9 heteroatoms. The lowest BCUT2D eigenvalue weighted by molar-refractivity contribution is 0.356. The normalized spacial score (nSPS) is 16.9. The third kappa shape index (κ3) is 4.59. The van der Waals surface area contributed by atoms with Crippen LogP contribution in [-0.2, 0) is 0 Å². The first-order valence-electron chi connectivity index (χ1n) is 11.3. The molecule has 0 radical (unpaired) electrons. The number of nitrogens with one attached hydrogen (secondary N) is 2. The Hall–Kier alpha value is -3.88. The van der Waals surface area contributed by atoms with Crippen LogP contribution < -0.4 is 19.7 Å². The summed E-state index contributed by atoms with van der Waals surface area (Å²) in [5.41, 5.74) is 3.24. The Bertz CT molecular complexity index is 1300. The fourth-order valence-corrected chi connectivity index (χ4v) is 4.24. The van der Waals surface area contributed by atoms with Gasteiger partial charge in [-0.2, -0.15) is 0 Å². The van der Waals surface area contributed by atoms with Crippen molar-refractivity contribution in [2.75, 3.05) is 44.6 Å². The predicted molar refractivity (Wildman–Crippen MR) is 136 cm³/mol. The van der Waals surface area contributed by atoms with Gasteiger partial charge in [-0.15, -0.1) is 0 Å². The van der Waals surface area contributed by atoms with Crippen LogP contribution in [0, 0.1) is 5.92 Å². The summed E-state index contributed by atoms with van der Waals surface area (Å²) < 4.78 is 10.4. The van der Waals surface area contributed by atoms with E-state index in [4.69, 9.17) is 9.47 Å². The SMILES string of the molecule is C/C=C1/CN(c2ncnc3[nH]ccc23)CCC1C.CNc1ncnc2cc(OC)c(OC)cc12. The van der Waals surface area contributed by atoms with Crippen LogP contribution in [0.4, 0.5) is 11.6 Å². The molecule has 1 aliphatic rings. The lowest BCUT2D eigenvalue weighted by Gasteiger charge is -2.33. The Morgan fingerprint density at radius 1 is 1.06 bits per heavy atom. The van der Waals surface area contributed by atoms with Crippen LogP contribution in [0.15, 0.2) is 48.7 Å². The third-order valence-electron chi connectivity index (χ3n) is 6.22. The topological polar surface area (TPSA) is 101 Å². The molecule has 1 aromatic carbocycles. The molecule has 178 valence electrons. The first kappa shape index (κ1) is 23.3. The number of nitrogens with zero attached hydrogens (tertiary/aromatic N) is 5. The van der Waals surface area contributed by atoms with Crippen molar-refractivity contribution in [1.29, 1.82) is 0 Å². The van der Waals surface area contributed by atoms with Crippen LogP contribution in [0.25, 0.3) is 21.9 Å². The Labute approximate surface area is 199 Å². The second kappa shape index (κ2) is 10.4. The number of H-pyrrole nitrogens is 1. The quantitative estimate of drug-likeness (QED) is 0.430. The van der Waals surface area contributed by atoms with Gasteiger partial charge < -0.3 is 24.7 Å². The smallest absolute Gasteiger partial charge is 0.162 e. The van der Waals surface area contributed by atoms with Gasteiger partial charge in [0.2, 0.25) is 0 Å². The number of methoxy groups -OCH3 is 2. The van der Waals surface area contributed by atoms with Crippen LogP contribution in [0.1, 0.15) is 20.3 Å². The van der Waals surface area contributed by atoms with Gasteiger partial charge in [0.15, 0.2) is 11.5 Å². The second-order valence-electron chi connectivity index (χ2n) is 8.11. The molecule has 0 spiro atoms. The molecule has 0 saturated carbocycles. The number of piperidine rings is 1. The monoisotopic (exact) mass is 461 g/mol. The Kier molecular flexibility index (Phi) is 7.10. The Morgan fingerprint density at radius 3 is 2.56 bits per heavy atom. The summed E-state index contributed by atoms with van der Waals surface area (Å²) in [5.74, 6) is 3.84. The minimum atomic E-state index is 0.663. The molecular formula is C25H31N7O2. The largest absolute Gasteiger partial charge is 0.493 e. The number of allylic oxidation sites excluding steroid dienone is 1. The van der Waals surface area contributed by atoms with E-state index in [0.717, 1.165) is 46.7 Å². The van der Waals surface area contributed by atoms with Gasteiger partial charge in [0.1, 0.15) is 29.9 Å². The average molecular weight is 462 g/mol. The summed E-state index contributed by atoms with van der Waals surface area (Å²) in [6.07, 6.45) is 8.51. The highest BCUT2D eigenvalue weighted by Crippen LogP contribution is 2.33. The summed E-state index contributed by atoms with van der Waals surface area (Å²) in [7, 11) is 5.02. The summed E-state index contributed by atoms with van der Waals surface area (Å²) >= 11 is 0. The maximum absolute atomic E-state index is 5.24. The van der Waals surface area contributed by atoms with Gasteiger partial charge in [-0.1, -0.05) is 18.6 Å². The summed E-state index contributed by atoms with van der Waals surface area (Å²) in [5, 5.41) is 5.03. The van der Waals surface area contributed by atoms with E-state index in [1.807, 2.05) is 25.4 Å². The molecule has 2 N–H and O–H groups in total. The molecule has 5 rings (SSSR count). The highest BCUT2D eigenvalue weighted by atomic mass is 16.5. The van der Waals surface area contributed by atoms with E-state index in [0.29, 0.717) is 17.4 Å². The van der Waals surface area contributed by atoms with Crippen molar-refractivity contribution in [2.45, 2.75) is 20.3 Å². The molecule has 1 atom stereocenters. The number of aromatic nitrogens is 5. The first-order chi connectivity index (χ1) is 16.6. The molecule has 0 aliphatic carbocycles. The molecule has 0 bridgehead atoms. The zero-order valence-electron chi connectivity index (χ0n) is 20.3. The van der Waals surface area contributed by atoms with Crippen molar-refractivity contribution in [1.82, 2.24) is 24.9 Å². The lowest BCUT2D eigenvalue weighted by atomic mass is 9.93. The number of hydrogen-bond acceptors (Lipinski definition) is 8. The predicted octanol–water partition coefficient (Wildman–Crippen LogP) is 4.44. The van der Waals surface area contributed by atoms with E-state index in [-0.39, 0.29) is 0 Å². The Balaban J connectivity index is 0.000000162. The fourth-order valence-electron chi connectivity index (χ4n) is 4.24. The van der Waals surface area contributed by atoms with E-state index >= 15 is 0 Å². The van der Waals surface area contributed by atoms with Crippen LogP contribution >= 0.6 is 0 Å². The van der Waals surface area contributed by atoms with Gasteiger partial charge in [-0.3, -0.25) is 0 Å². The number of rotatable bonds is 4. The first-order valence-corrected chi connectivity index (χ1v) is 11.3. The number of ether oxygens (including phenoxy) is 2. The standard InChI is InChI=1S/C14H18N4.C11H13N3O2/c1-3-11-8-18(7-5-10(11)2)14-12-4-6-15-13(12)16-9-17-14;1-12-11-7-4-9(15-2)10(16-3)5-8(7)13-6-14-11/h3-4,6,9-10H,5,7-8H2,1-2H3,(H,15,16,17);4-6H,1-3H3,(H,12,13,14)/b11-3-;. The van der Waals surface area contributed by atoms with Gasteiger partial charge in [0, 0.05) is 37.8 Å². The minimum absolute atomic E-state index is 0.663. The molecule has 4 aromatic rings. The van der Waals surface area contributed by atoms with Gasteiger partial charge in [-0.25, -0.2) is 19.9 Å².